The number of aryl methyl sites for hydroxylation is 1. The maximum absolute atomic E-state index is 2.45. The molecule has 0 heterocycles. The third-order valence-electron chi connectivity index (χ3n) is 4.94. The van der Waals surface area contributed by atoms with Gasteiger partial charge < -0.3 is 0 Å². The molecule has 1 aromatic carbocycles. The Labute approximate surface area is 125 Å². The number of rotatable bonds is 4. The first-order chi connectivity index (χ1) is 9.49. The Morgan fingerprint density at radius 1 is 1.25 bits per heavy atom. The molecule has 3 atom stereocenters. The number of fused-ring (bicyclic) bond motifs is 1. The topological polar surface area (TPSA) is 0 Å². The molecule has 1 aromatic rings. The maximum Gasteiger partial charge on any atom is -0.0133 e. The Kier molecular flexibility index (Phi) is 5.07. The minimum atomic E-state index is 0.742. The highest BCUT2D eigenvalue weighted by Gasteiger charge is 2.28. The lowest BCUT2D eigenvalue weighted by Crippen LogP contribution is -2.18. The van der Waals surface area contributed by atoms with Crippen LogP contribution in [0, 0.1) is 12.8 Å². The van der Waals surface area contributed by atoms with Gasteiger partial charge in [0.2, 0.25) is 0 Å². The molecule has 0 aromatic heterocycles. The van der Waals surface area contributed by atoms with E-state index < -0.39 is 0 Å². The summed E-state index contributed by atoms with van der Waals surface area (Å²) in [6.07, 6.45) is 7.66. The van der Waals surface area contributed by atoms with Crippen LogP contribution < -0.4 is 0 Å². The van der Waals surface area contributed by atoms with Gasteiger partial charge in [0.25, 0.3) is 0 Å². The van der Waals surface area contributed by atoms with E-state index in [4.69, 9.17) is 0 Å². The van der Waals surface area contributed by atoms with Crippen LogP contribution in [-0.2, 0) is 0 Å². The summed E-state index contributed by atoms with van der Waals surface area (Å²) in [5.74, 6) is 2.30. The van der Waals surface area contributed by atoms with Gasteiger partial charge in [-0.1, -0.05) is 49.3 Å². The van der Waals surface area contributed by atoms with E-state index in [2.05, 4.69) is 58.9 Å². The van der Waals surface area contributed by atoms with Crippen LogP contribution in [0.3, 0.4) is 0 Å². The molecule has 0 nitrogen and oxygen atoms in total. The van der Waals surface area contributed by atoms with Crippen LogP contribution in [0.2, 0.25) is 0 Å². The van der Waals surface area contributed by atoms with Gasteiger partial charge in [-0.15, -0.1) is 0 Å². The molecule has 0 heteroatoms. The standard InChI is InChI=1S/C20H30/c1-14(2)7-6-8-16(4)19-12-10-17(5)18-11-9-15(3)13-20(18)19/h7,9,11,13,16-17,19H,6,8,10,12H2,1-5H3/t16-,17-,19+/m0/s1. The molecule has 0 fully saturated rings. The molecule has 20 heavy (non-hydrogen) atoms. The van der Waals surface area contributed by atoms with Crippen molar-refractivity contribution in [1.82, 2.24) is 0 Å². The maximum atomic E-state index is 2.45. The van der Waals surface area contributed by atoms with Gasteiger partial charge in [0.1, 0.15) is 0 Å². The van der Waals surface area contributed by atoms with Crippen molar-refractivity contribution < 1.29 is 0 Å². The first kappa shape index (κ1) is 15.4. The highest BCUT2D eigenvalue weighted by Crippen LogP contribution is 2.43. The zero-order chi connectivity index (χ0) is 14.7. The fourth-order valence-corrected chi connectivity index (χ4v) is 3.63. The highest BCUT2D eigenvalue weighted by atomic mass is 14.3. The van der Waals surface area contributed by atoms with Gasteiger partial charge in [-0.2, -0.15) is 0 Å². The third-order valence-corrected chi connectivity index (χ3v) is 4.94. The largest absolute Gasteiger partial charge is 0.0859 e. The highest BCUT2D eigenvalue weighted by molar-refractivity contribution is 5.38. The summed E-state index contributed by atoms with van der Waals surface area (Å²) < 4.78 is 0. The van der Waals surface area contributed by atoms with Crippen LogP contribution in [0.15, 0.2) is 29.8 Å². The number of hydrogen-bond acceptors (Lipinski definition) is 0. The number of allylic oxidation sites excluding steroid dienone is 2. The molecule has 1 aliphatic rings. The van der Waals surface area contributed by atoms with Crippen molar-refractivity contribution in [1.29, 1.82) is 0 Å². The van der Waals surface area contributed by atoms with Gasteiger partial charge in [-0.3, -0.25) is 0 Å². The predicted molar refractivity (Wildman–Crippen MR) is 89.4 cm³/mol. The first-order valence-corrected chi connectivity index (χ1v) is 8.23. The lowest BCUT2D eigenvalue weighted by Gasteiger charge is -2.34. The molecule has 0 spiro atoms. The summed E-state index contributed by atoms with van der Waals surface area (Å²) in [6.45, 7) is 11.5. The summed E-state index contributed by atoms with van der Waals surface area (Å²) >= 11 is 0. The molecule has 2 rings (SSSR count). The van der Waals surface area contributed by atoms with Gasteiger partial charge in [0.05, 0.1) is 0 Å². The summed E-state index contributed by atoms with van der Waals surface area (Å²) in [6, 6.07) is 7.11. The number of benzene rings is 1. The van der Waals surface area contributed by atoms with E-state index in [1.54, 1.807) is 11.1 Å². The molecule has 0 aliphatic heterocycles. The SMILES string of the molecule is CC(C)=CCC[C@H](C)[C@H]1CC[C@H](C)c2ccc(C)cc21. The van der Waals surface area contributed by atoms with Gasteiger partial charge in [0, 0.05) is 0 Å². The zero-order valence-corrected chi connectivity index (χ0v) is 13.9. The Morgan fingerprint density at radius 3 is 2.70 bits per heavy atom. The fourth-order valence-electron chi connectivity index (χ4n) is 3.63. The molecular formula is C20H30. The van der Waals surface area contributed by atoms with Crippen LogP contribution in [0.4, 0.5) is 0 Å². The summed E-state index contributed by atoms with van der Waals surface area (Å²) in [5, 5.41) is 0. The molecule has 0 radical (unpaired) electrons. The van der Waals surface area contributed by atoms with Gasteiger partial charge in [0.15, 0.2) is 0 Å². The lowest BCUT2D eigenvalue weighted by atomic mass is 9.71. The quantitative estimate of drug-likeness (QED) is 0.558. The second kappa shape index (κ2) is 6.61. The second-order valence-electron chi connectivity index (χ2n) is 7.05. The fraction of sp³-hybridized carbons (Fsp3) is 0.600. The van der Waals surface area contributed by atoms with Crippen LogP contribution >= 0.6 is 0 Å². The van der Waals surface area contributed by atoms with Crippen LogP contribution in [-0.4, -0.2) is 0 Å². The van der Waals surface area contributed by atoms with Crippen molar-refractivity contribution >= 4 is 0 Å². The molecule has 0 saturated heterocycles. The third kappa shape index (κ3) is 3.53. The minimum Gasteiger partial charge on any atom is -0.0859 e. The van der Waals surface area contributed by atoms with Gasteiger partial charge in [-0.05, 0) is 75.3 Å². The zero-order valence-electron chi connectivity index (χ0n) is 13.9. The molecule has 0 unspecified atom stereocenters. The van der Waals surface area contributed by atoms with Gasteiger partial charge >= 0.3 is 0 Å². The molecule has 0 N–H and O–H groups in total. The van der Waals surface area contributed by atoms with Crippen LogP contribution in [0.1, 0.15) is 81.9 Å². The van der Waals surface area contributed by atoms with E-state index >= 15 is 0 Å². The number of hydrogen-bond donors (Lipinski definition) is 0. The Morgan fingerprint density at radius 2 is 2.00 bits per heavy atom. The van der Waals surface area contributed by atoms with Crippen molar-refractivity contribution in [3.8, 4) is 0 Å². The van der Waals surface area contributed by atoms with Crippen molar-refractivity contribution in [3.05, 3.63) is 46.5 Å². The first-order valence-electron chi connectivity index (χ1n) is 8.23. The lowest BCUT2D eigenvalue weighted by molar-refractivity contribution is 0.370. The normalized spacial score (nSPS) is 23.1. The second-order valence-corrected chi connectivity index (χ2v) is 7.05. The van der Waals surface area contributed by atoms with Crippen LogP contribution in [0.25, 0.3) is 0 Å². The monoisotopic (exact) mass is 270 g/mol. The van der Waals surface area contributed by atoms with Crippen molar-refractivity contribution in [2.24, 2.45) is 5.92 Å². The van der Waals surface area contributed by atoms with Crippen molar-refractivity contribution in [2.45, 2.75) is 72.1 Å². The van der Waals surface area contributed by atoms with E-state index in [0.717, 1.165) is 17.8 Å². The van der Waals surface area contributed by atoms with E-state index in [-0.39, 0.29) is 0 Å². The van der Waals surface area contributed by atoms with Crippen molar-refractivity contribution in [3.63, 3.8) is 0 Å². The smallest absolute Gasteiger partial charge is 0.0133 e. The predicted octanol–water partition coefficient (Wildman–Crippen LogP) is 6.36. The van der Waals surface area contributed by atoms with E-state index in [9.17, 15) is 0 Å². The summed E-state index contributed by atoms with van der Waals surface area (Å²) in [4.78, 5) is 0. The van der Waals surface area contributed by atoms with Crippen molar-refractivity contribution in [2.75, 3.05) is 0 Å². The minimum absolute atomic E-state index is 0.742. The molecular weight excluding hydrogens is 240 g/mol. The Bertz CT molecular complexity index is 477. The van der Waals surface area contributed by atoms with E-state index in [1.807, 2.05) is 0 Å². The average Bonchev–Trinajstić information content (AvgIpc) is 2.38. The Balaban J connectivity index is 2.15. The molecule has 1 aliphatic carbocycles. The summed E-state index contributed by atoms with van der Waals surface area (Å²) in [7, 11) is 0. The summed E-state index contributed by atoms with van der Waals surface area (Å²) in [5.41, 5.74) is 6.12. The molecule has 0 saturated carbocycles. The molecule has 110 valence electrons. The van der Waals surface area contributed by atoms with E-state index in [1.165, 1.54) is 36.8 Å². The Hall–Kier alpha value is -1.04. The molecule has 0 amide bonds. The molecule has 0 bridgehead atoms. The average molecular weight is 270 g/mol. The van der Waals surface area contributed by atoms with Gasteiger partial charge in [-0.25, -0.2) is 0 Å². The van der Waals surface area contributed by atoms with E-state index in [0.29, 0.717) is 0 Å². The van der Waals surface area contributed by atoms with Crippen LogP contribution in [0.5, 0.6) is 0 Å².